The van der Waals surface area contributed by atoms with Crippen LogP contribution in [0.15, 0.2) is 30.3 Å². The van der Waals surface area contributed by atoms with Crippen molar-refractivity contribution in [2.24, 2.45) is 5.92 Å². The second-order valence-corrected chi connectivity index (χ2v) is 6.81. The van der Waals surface area contributed by atoms with E-state index in [-0.39, 0.29) is 23.7 Å². The van der Waals surface area contributed by atoms with E-state index in [2.05, 4.69) is 24.4 Å². The molecule has 1 aromatic carbocycles. The van der Waals surface area contributed by atoms with E-state index in [1.807, 2.05) is 23.1 Å². The van der Waals surface area contributed by atoms with Gasteiger partial charge in [0.15, 0.2) is 0 Å². The molecular weight excluding hydrogens is 316 g/mol. The number of carbonyl (C=O) groups is 2. The highest BCUT2D eigenvalue weighted by molar-refractivity contribution is 5.80. The largest absolute Gasteiger partial charge is 0.385 e. The Morgan fingerprint density at radius 3 is 2.56 bits per heavy atom. The summed E-state index contributed by atoms with van der Waals surface area (Å²) in [5, 5.41) is 2.96. The minimum atomic E-state index is 0.0261. The lowest BCUT2D eigenvalue weighted by atomic mass is 9.93. The average Bonchev–Trinajstić information content (AvgIpc) is 2.66. The fourth-order valence-electron chi connectivity index (χ4n) is 3.25. The van der Waals surface area contributed by atoms with E-state index in [1.54, 1.807) is 7.11 Å². The van der Waals surface area contributed by atoms with Crippen LogP contribution in [0, 0.1) is 5.92 Å². The van der Waals surface area contributed by atoms with E-state index in [4.69, 9.17) is 4.74 Å². The lowest BCUT2D eigenvalue weighted by molar-refractivity contribution is -0.135. The smallest absolute Gasteiger partial charge is 0.223 e. The molecule has 25 heavy (non-hydrogen) atoms. The molecule has 1 aromatic rings. The van der Waals surface area contributed by atoms with E-state index < -0.39 is 0 Å². The topological polar surface area (TPSA) is 58.6 Å². The second-order valence-electron chi connectivity index (χ2n) is 6.81. The van der Waals surface area contributed by atoms with Gasteiger partial charge in [-0.2, -0.15) is 0 Å². The van der Waals surface area contributed by atoms with Gasteiger partial charge in [0.05, 0.1) is 0 Å². The van der Waals surface area contributed by atoms with Crippen molar-refractivity contribution in [1.29, 1.82) is 0 Å². The highest BCUT2D eigenvalue weighted by atomic mass is 16.5. The summed E-state index contributed by atoms with van der Waals surface area (Å²) >= 11 is 0. The Balaban J connectivity index is 1.72. The molecule has 1 heterocycles. The van der Waals surface area contributed by atoms with Crippen molar-refractivity contribution in [3.05, 3.63) is 35.9 Å². The highest BCUT2D eigenvalue weighted by Gasteiger charge is 2.27. The van der Waals surface area contributed by atoms with Crippen molar-refractivity contribution in [3.8, 4) is 0 Å². The lowest BCUT2D eigenvalue weighted by Crippen LogP contribution is -2.43. The number of carbonyl (C=O) groups excluding carboxylic acids is 2. The zero-order valence-corrected chi connectivity index (χ0v) is 15.4. The van der Waals surface area contributed by atoms with Crippen molar-refractivity contribution in [3.63, 3.8) is 0 Å². The molecule has 0 aromatic heterocycles. The number of amides is 2. The molecule has 0 saturated carbocycles. The lowest BCUT2D eigenvalue weighted by Gasteiger charge is -2.32. The minimum Gasteiger partial charge on any atom is -0.385 e. The highest BCUT2D eigenvalue weighted by Crippen LogP contribution is 2.23. The Bertz CT molecular complexity index is 539. The molecule has 0 aliphatic carbocycles. The van der Waals surface area contributed by atoms with Crippen molar-refractivity contribution in [2.45, 2.75) is 38.5 Å². The predicted octanol–water partition coefficient (Wildman–Crippen LogP) is 2.57. The van der Waals surface area contributed by atoms with E-state index in [0.29, 0.717) is 32.7 Å². The first kappa shape index (κ1) is 19.4. The monoisotopic (exact) mass is 346 g/mol. The molecule has 5 nitrogen and oxygen atoms in total. The van der Waals surface area contributed by atoms with E-state index >= 15 is 0 Å². The average molecular weight is 346 g/mol. The molecule has 0 radical (unpaired) electrons. The van der Waals surface area contributed by atoms with E-state index in [0.717, 1.165) is 19.3 Å². The number of nitrogens with one attached hydrogen (secondary N) is 1. The van der Waals surface area contributed by atoms with Crippen molar-refractivity contribution in [1.82, 2.24) is 10.2 Å². The van der Waals surface area contributed by atoms with Crippen LogP contribution in [0.2, 0.25) is 0 Å². The summed E-state index contributed by atoms with van der Waals surface area (Å²) in [6, 6.07) is 10.1. The molecule has 1 atom stereocenters. The van der Waals surface area contributed by atoms with Crippen LogP contribution < -0.4 is 5.32 Å². The number of likely N-dealkylation sites (tertiary alicyclic amines) is 1. The van der Waals surface area contributed by atoms with Gasteiger partial charge >= 0.3 is 0 Å². The van der Waals surface area contributed by atoms with E-state index in [1.165, 1.54) is 5.56 Å². The van der Waals surface area contributed by atoms with Crippen molar-refractivity contribution < 1.29 is 14.3 Å². The number of nitrogens with zero attached hydrogens (tertiary/aromatic N) is 1. The van der Waals surface area contributed by atoms with Gasteiger partial charge in [-0.05, 0) is 30.7 Å². The van der Waals surface area contributed by atoms with Gasteiger partial charge in [0.1, 0.15) is 0 Å². The molecule has 1 unspecified atom stereocenters. The van der Waals surface area contributed by atoms with Gasteiger partial charge in [-0.25, -0.2) is 0 Å². The normalized spacial score (nSPS) is 16.5. The molecule has 1 aliphatic rings. The molecule has 0 spiro atoms. The van der Waals surface area contributed by atoms with Crippen molar-refractivity contribution >= 4 is 11.8 Å². The maximum Gasteiger partial charge on any atom is 0.223 e. The molecule has 1 saturated heterocycles. The van der Waals surface area contributed by atoms with Gasteiger partial charge in [0, 0.05) is 45.7 Å². The first-order valence-corrected chi connectivity index (χ1v) is 9.21. The number of ether oxygens (including phenoxy) is 1. The van der Waals surface area contributed by atoms with Crippen LogP contribution in [0.3, 0.4) is 0 Å². The number of rotatable bonds is 8. The molecule has 5 heteroatoms. The summed E-state index contributed by atoms with van der Waals surface area (Å²) < 4.78 is 4.98. The third kappa shape index (κ3) is 6.16. The number of hydrogen-bond acceptors (Lipinski definition) is 3. The van der Waals surface area contributed by atoms with Crippen LogP contribution in [0.4, 0.5) is 0 Å². The minimum absolute atomic E-state index is 0.0261. The molecule has 1 N–H and O–H groups in total. The van der Waals surface area contributed by atoms with Crippen molar-refractivity contribution in [2.75, 3.05) is 33.4 Å². The maximum atomic E-state index is 12.5. The summed E-state index contributed by atoms with van der Waals surface area (Å²) in [7, 11) is 1.66. The van der Waals surface area contributed by atoms with Crippen LogP contribution >= 0.6 is 0 Å². The molecule has 138 valence electrons. The number of hydrogen-bond donors (Lipinski definition) is 1. The quantitative estimate of drug-likeness (QED) is 0.736. The number of methoxy groups -OCH3 is 1. The summed E-state index contributed by atoms with van der Waals surface area (Å²) in [4.78, 5) is 26.6. The second kappa shape index (κ2) is 10.2. The van der Waals surface area contributed by atoms with Crippen LogP contribution in [-0.2, 0) is 14.3 Å². The van der Waals surface area contributed by atoms with Crippen LogP contribution in [0.5, 0.6) is 0 Å². The third-order valence-electron chi connectivity index (χ3n) is 4.89. The molecule has 1 aliphatic heterocycles. The Labute approximate surface area is 150 Å². The zero-order valence-electron chi connectivity index (χ0n) is 15.4. The maximum absolute atomic E-state index is 12.5. The van der Waals surface area contributed by atoms with Gasteiger partial charge in [0.25, 0.3) is 0 Å². The van der Waals surface area contributed by atoms with Crippen LogP contribution in [0.25, 0.3) is 0 Å². The molecule has 0 bridgehead atoms. The number of benzene rings is 1. The Hall–Kier alpha value is -1.88. The predicted molar refractivity (Wildman–Crippen MR) is 98.3 cm³/mol. The van der Waals surface area contributed by atoms with Gasteiger partial charge < -0.3 is 15.0 Å². The molecule has 2 rings (SSSR count). The van der Waals surface area contributed by atoms with Crippen LogP contribution in [-0.4, -0.2) is 50.1 Å². The third-order valence-corrected chi connectivity index (χ3v) is 4.89. The van der Waals surface area contributed by atoms with Gasteiger partial charge in [-0.1, -0.05) is 37.3 Å². The zero-order chi connectivity index (χ0) is 18.1. The number of piperidine rings is 1. The Morgan fingerprint density at radius 2 is 1.92 bits per heavy atom. The van der Waals surface area contributed by atoms with Gasteiger partial charge in [0.2, 0.25) is 11.8 Å². The molecule has 2 amide bonds. The first-order valence-electron chi connectivity index (χ1n) is 9.21. The van der Waals surface area contributed by atoms with Gasteiger partial charge in [-0.3, -0.25) is 9.59 Å². The summed E-state index contributed by atoms with van der Waals surface area (Å²) in [6.45, 7) is 4.76. The fourth-order valence-corrected chi connectivity index (χ4v) is 3.25. The van der Waals surface area contributed by atoms with E-state index in [9.17, 15) is 9.59 Å². The molecular formula is C20H30N2O3. The Morgan fingerprint density at radius 1 is 1.24 bits per heavy atom. The standard InChI is InChI=1S/C20H30N2O3/c1-16(17-7-4-3-5-8-17)15-19(23)22-12-9-18(10-13-22)20(24)21-11-6-14-25-2/h3-5,7-8,16,18H,6,9-15H2,1-2H3,(H,21,24). The fraction of sp³-hybridized carbons (Fsp3) is 0.600. The molecule has 1 fully saturated rings. The summed E-state index contributed by atoms with van der Waals surface area (Å²) in [5.74, 6) is 0.546. The summed E-state index contributed by atoms with van der Waals surface area (Å²) in [6.07, 6.45) is 2.86. The van der Waals surface area contributed by atoms with Crippen LogP contribution in [0.1, 0.15) is 44.1 Å². The first-order chi connectivity index (χ1) is 12.1. The summed E-state index contributed by atoms with van der Waals surface area (Å²) in [5.41, 5.74) is 1.20. The Kier molecular flexibility index (Phi) is 7.92. The SMILES string of the molecule is COCCCNC(=O)C1CCN(C(=O)CC(C)c2ccccc2)CC1. The van der Waals surface area contributed by atoms with Gasteiger partial charge in [-0.15, -0.1) is 0 Å².